The first kappa shape index (κ1) is 18.4. The molecule has 1 aromatic rings. The van der Waals surface area contributed by atoms with Crippen molar-refractivity contribution in [3.05, 3.63) is 12.3 Å². The molecule has 1 saturated carbocycles. The predicted octanol–water partition coefficient (Wildman–Crippen LogP) is 2.29. The first-order valence-electron chi connectivity index (χ1n) is 9.34. The van der Waals surface area contributed by atoms with Crippen LogP contribution in [0.4, 0.5) is 10.6 Å². The molecule has 3 rings (SSSR count). The monoisotopic (exact) mass is 361 g/mol. The van der Waals surface area contributed by atoms with Gasteiger partial charge in [0.1, 0.15) is 17.9 Å². The maximum atomic E-state index is 12.8. The molecule has 1 aromatic heterocycles. The van der Waals surface area contributed by atoms with E-state index >= 15 is 0 Å². The highest BCUT2D eigenvalue weighted by Gasteiger charge is 2.52. The molecule has 26 heavy (non-hydrogen) atoms. The first-order valence-corrected chi connectivity index (χ1v) is 9.34. The molecule has 1 unspecified atom stereocenters. The average molecular weight is 361 g/mol. The number of hydrogen-bond donors (Lipinski definition) is 2. The summed E-state index contributed by atoms with van der Waals surface area (Å²) in [5.74, 6) is 0.445. The van der Waals surface area contributed by atoms with Gasteiger partial charge in [-0.2, -0.15) is 5.10 Å². The van der Waals surface area contributed by atoms with Crippen molar-refractivity contribution in [3.8, 4) is 0 Å². The van der Waals surface area contributed by atoms with E-state index in [1.165, 1.54) is 0 Å². The summed E-state index contributed by atoms with van der Waals surface area (Å²) < 4.78 is 1.73. The fourth-order valence-electron chi connectivity index (χ4n) is 3.68. The quantitative estimate of drug-likeness (QED) is 0.787. The second-order valence-corrected chi connectivity index (χ2v) is 7.55. The number of aromatic nitrogens is 2. The lowest BCUT2D eigenvalue weighted by Crippen LogP contribution is -2.49. The van der Waals surface area contributed by atoms with Crippen LogP contribution in [0.15, 0.2) is 12.3 Å². The molecule has 8 heteroatoms. The van der Waals surface area contributed by atoms with Gasteiger partial charge in [0.25, 0.3) is 5.91 Å². The zero-order valence-corrected chi connectivity index (χ0v) is 15.6. The number of anilines is 1. The Morgan fingerprint density at radius 2 is 2.12 bits per heavy atom. The number of hydrogen-bond acceptors (Lipinski definition) is 4. The highest BCUT2D eigenvalue weighted by atomic mass is 16.2. The van der Waals surface area contributed by atoms with Crippen LogP contribution in [0, 0.1) is 5.92 Å². The summed E-state index contributed by atoms with van der Waals surface area (Å²) >= 11 is 0. The topological polar surface area (TPSA) is 96.3 Å². The van der Waals surface area contributed by atoms with E-state index in [1.54, 1.807) is 16.9 Å². The van der Waals surface area contributed by atoms with Gasteiger partial charge >= 0.3 is 6.03 Å². The van der Waals surface area contributed by atoms with E-state index in [2.05, 4.69) is 22.7 Å². The maximum Gasteiger partial charge on any atom is 0.325 e. The van der Waals surface area contributed by atoms with Crippen LogP contribution in [0.2, 0.25) is 0 Å². The van der Waals surface area contributed by atoms with Crippen molar-refractivity contribution in [1.82, 2.24) is 20.0 Å². The number of urea groups is 1. The molecule has 1 atom stereocenters. The molecule has 0 aromatic carbocycles. The van der Waals surface area contributed by atoms with E-state index in [4.69, 9.17) is 0 Å². The van der Waals surface area contributed by atoms with Crippen LogP contribution in [0.1, 0.15) is 58.9 Å². The minimum atomic E-state index is -0.817. The van der Waals surface area contributed by atoms with E-state index in [0.29, 0.717) is 24.6 Å². The van der Waals surface area contributed by atoms with Crippen molar-refractivity contribution in [2.75, 3.05) is 11.9 Å². The summed E-state index contributed by atoms with van der Waals surface area (Å²) in [6.07, 6.45) is 5.57. The van der Waals surface area contributed by atoms with E-state index in [0.717, 1.165) is 24.2 Å². The Balaban J connectivity index is 1.65. The van der Waals surface area contributed by atoms with Crippen molar-refractivity contribution < 1.29 is 14.4 Å². The molecule has 142 valence electrons. The largest absolute Gasteiger partial charge is 0.325 e. The minimum Gasteiger partial charge on any atom is -0.323 e. The summed E-state index contributed by atoms with van der Waals surface area (Å²) in [6, 6.07) is 1.37. The van der Waals surface area contributed by atoms with Gasteiger partial charge in [0.2, 0.25) is 5.91 Å². The van der Waals surface area contributed by atoms with E-state index < -0.39 is 17.5 Å². The van der Waals surface area contributed by atoms with Crippen LogP contribution < -0.4 is 10.6 Å². The van der Waals surface area contributed by atoms with Gasteiger partial charge in [-0.15, -0.1) is 0 Å². The molecule has 1 aliphatic heterocycles. The molecule has 0 radical (unpaired) electrons. The van der Waals surface area contributed by atoms with Gasteiger partial charge in [0.15, 0.2) is 0 Å². The number of nitrogens with zero attached hydrogens (tertiary/aromatic N) is 3. The number of rotatable bonds is 5. The second kappa shape index (κ2) is 7.09. The molecule has 0 bridgehead atoms. The van der Waals surface area contributed by atoms with Crippen molar-refractivity contribution in [2.24, 2.45) is 5.92 Å². The van der Waals surface area contributed by atoms with E-state index in [-0.39, 0.29) is 18.5 Å². The maximum absolute atomic E-state index is 12.8. The van der Waals surface area contributed by atoms with Gasteiger partial charge in [0, 0.05) is 6.07 Å². The molecule has 2 aliphatic rings. The zero-order chi connectivity index (χ0) is 18.9. The molecular weight excluding hydrogens is 334 g/mol. The summed E-state index contributed by atoms with van der Waals surface area (Å²) in [4.78, 5) is 38.6. The van der Waals surface area contributed by atoms with Crippen molar-refractivity contribution in [3.63, 3.8) is 0 Å². The Hall–Kier alpha value is -2.38. The third-order valence-corrected chi connectivity index (χ3v) is 5.62. The van der Waals surface area contributed by atoms with Gasteiger partial charge in [0.05, 0.1) is 12.2 Å². The summed E-state index contributed by atoms with van der Waals surface area (Å²) in [6.45, 7) is 5.91. The van der Waals surface area contributed by atoms with E-state index in [1.807, 2.05) is 13.8 Å². The fraction of sp³-hybridized carbons (Fsp3) is 0.667. The van der Waals surface area contributed by atoms with Gasteiger partial charge in [-0.25, -0.2) is 9.48 Å². The molecule has 4 amide bonds. The van der Waals surface area contributed by atoms with Crippen molar-refractivity contribution in [2.45, 2.75) is 64.5 Å². The van der Waals surface area contributed by atoms with Crippen LogP contribution in [0.25, 0.3) is 0 Å². The van der Waals surface area contributed by atoms with Crippen LogP contribution in [0.5, 0.6) is 0 Å². The molecule has 1 spiro atoms. The number of carbonyl (C=O) groups excluding carboxylic acids is 3. The van der Waals surface area contributed by atoms with Crippen LogP contribution in [0.3, 0.4) is 0 Å². The minimum absolute atomic E-state index is 0.143. The smallest absolute Gasteiger partial charge is 0.323 e. The number of amides is 4. The predicted molar refractivity (Wildman–Crippen MR) is 96.5 cm³/mol. The molecule has 1 aliphatic carbocycles. The third-order valence-electron chi connectivity index (χ3n) is 5.62. The summed E-state index contributed by atoms with van der Waals surface area (Å²) in [7, 11) is 0. The first-order chi connectivity index (χ1) is 12.4. The lowest BCUT2D eigenvalue weighted by molar-refractivity contribution is -0.135. The molecule has 2 heterocycles. The molecule has 1 saturated heterocycles. The fourth-order valence-corrected chi connectivity index (χ4v) is 3.68. The summed E-state index contributed by atoms with van der Waals surface area (Å²) in [5, 5.41) is 9.81. The Morgan fingerprint density at radius 1 is 1.42 bits per heavy atom. The van der Waals surface area contributed by atoms with Crippen LogP contribution >= 0.6 is 0 Å². The Labute approximate surface area is 153 Å². The van der Waals surface area contributed by atoms with Gasteiger partial charge < -0.3 is 10.6 Å². The Bertz CT molecular complexity index is 705. The van der Waals surface area contributed by atoms with Crippen molar-refractivity contribution >= 4 is 23.7 Å². The number of imide groups is 1. The highest BCUT2D eigenvalue weighted by molar-refractivity contribution is 6.10. The van der Waals surface area contributed by atoms with Gasteiger partial charge in [-0.1, -0.05) is 13.8 Å². The van der Waals surface area contributed by atoms with Crippen LogP contribution in [-0.4, -0.2) is 44.6 Å². The Kier molecular flexibility index (Phi) is 5.02. The van der Waals surface area contributed by atoms with Crippen LogP contribution in [-0.2, 0) is 9.59 Å². The molecular formula is C18H27N5O3. The number of nitrogens with one attached hydrogen (secondary N) is 2. The van der Waals surface area contributed by atoms with Crippen molar-refractivity contribution in [1.29, 1.82) is 0 Å². The average Bonchev–Trinajstić information content (AvgIpc) is 3.16. The lowest BCUT2D eigenvalue weighted by atomic mass is 9.77. The third kappa shape index (κ3) is 3.32. The highest BCUT2D eigenvalue weighted by Crippen LogP contribution is 2.36. The standard InChI is InChI=1S/C18H27N5O3/c1-4-13(3)23-14(7-10-19-23)20-15(24)11-22-16(25)18(21-17(22)26)8-5-12(2)6-9-18/h7,10,12-13H,4-6,8-9,11H2,1-3H3,(H,20,24)(H,21,26). The van der Waals surface area contributed by atoms with Gasteiger partial charge in [-0.3, -0.25) is 14.5 Å². The summed E-state index contributed by atoms with van der Waals surface area (Å²) in [5.41, 5.74) is -0.817. The number of carbonyl (C=O) groups is 3. The molecule has 2 fully saturated rings. The van der Waals surface area contributed by atoms with E-state index in [9.17, 15) is 14.4 Å². The SMILES string of the molecule is CCC(C)n1nccc1NC(=O)CN1C(=O)NC2(CCC(C)CC2)C1=O. The second-order valence-electron chi connectivity index (χ2n) is 7.55. The normalized spacial score (nSPS) is 26.9. The molecule has 8 nitrogen and oxygen atoms in total. The molecule has 2 N–H and O–H groups in total. The van der Waals surface area contributed by atoms with Gasteiger partial charge in [-0.05, 0) is 44.9 Å². The lowest BCUT2D eigenvalue weighted by Gasteiger charge is -2.33. The Morgan fingerprint density at radius 3 is 2.77 bits per heavy atom. The zero-order valence-electron chi connectivity index (χ0n) is 15.6.